The standard InChI is InChI=1S/C36H44O20/c1-13-25(41)28(44)31(47)34(50-13)49-12-23-27(43)30(46)33(56-36-32(51-14(2)38)29(45)26(42)22(11-37)54-36)35(55-23)52-17-8-18(39)24-19(40)10-20(53-21(24)9-17)15-4-6-16(48-3)7-5-15/h4-10,13,22-23,25-37,39,41-47H,11-12H2,1-3H3. The van der Waals surface area contributed by atoms with Crippen LogP contribution in [0.15, 0.2) is 51.7 Å². The van der Waals surface area contributed by atoms with Gasteiger partial charge in [0, 0.05) is 30.7 Å². The Bertz CT molecular complexity index is 1870. The topological polar surface area (TPSA) is 303 Å². The summed E-state index contributed by atoms with van der Waals surface area (Å²) in [5, 5.41) is 95.2. The number of benzene rings is 2. The Morgan fingerprint density at radius 1 is 0.750 bits per heavy atom. The molecule has 3 aliphatic heterocycles. The van der Waals surface area contributed by atoms with E-state index < -0.39 is 122 Å². The minimum Gasteiger partial charge on any atom is -0.507 e. The van der Waals surface area contributed by atoms with E-state index in [1.165, 1.54) is 26.2 Å². The number of ether oxygens (including phenoxy) is 8. The van der Waals surface area contributed by atoms with E-state index in [1.807, 2.05) is 0 Å². The van der Waals surface area contributed by atoms with E-state index in [0.29, 0.717) is 11.3 Å². The van der Waals surface area contributed by atoms with E-state index in [2.05, 4.69) is 0 Å². The van der Waals surface area contributed by atoms with Crippen LogP contribution in [0.4, 0.5) is 0 Å². The molecule has 56 heavy (non-hydrogen) atoms. The van der Waals surface area contributed by atoms with Crippen molar-refractivity contribution in [3.63, 3.8) is 0 Å². The van der Waals surface area contributed by atoms with E-state index in [9.17, 15) is 55.5 Å². The number of methoxy groups -OCH3 is 1. The summed E-state index contributed by atoms with van der Waals surface area (Å²) < 4.78 is 50.9. The zero-order valence-corrected chi connectivity index (χ0v) is 30.1. The van der Waals surface area contributed by atoms with E-state index in [1.54, 1.807) is 24.3 Å². The van der Waals surface area contributed by atoms with Gasteiger partial charge in [0.2, 0.25) is 6.29 Å². The van der Waals surface area contributed by atoms with Crippen molar-refractivity contribution in [2.45, 2.75) is 106 Å². The minimum atomic E-state index is -1.97. The lowest BCUT2D eigenvalue weighted by Crippen LogP contribution is -2.66. The van der Waals surface area contributed by atoms with Crippen molar-refractivity contribution in [1.82, 2.24) is 0 Å². The number of esters is 1. The predicted molar refractivity (Wildman–Crippen MR) is 184 cm³/mol. The summed E-state index contributed by atoms with van der Waals surface area (Å²) in [6.45, 7) is 0.978. The fourth-order valence-corrected chi connectivity index (χ4v) is 6.60. The second kappa shape index (κ2) is 17.2. The van der Waals surface area contributed by atoms with Crippen molar-refractivity contribution in [2.24, 2.45) is 0 Å². The molecule has 0 aliphatic carbocycles. The molecule has 3 fully saturated rings. The zero-order valence-electron chi connectivity index (χ0n) is 30.1. The Morgan fingerprint density at radius 2 is 1.41 bits per heavy atom. The van der Waals surface area contributed by atoms with Crippen molar-refractivity contribution in [3.05, 3.63) is 52.7 Å². The number of phenols is 1. The first kappa shape index (κ1) is 41.6. The van der Waals surface area contributed by atoms with Gasteiger partial charge in [-0.2, -0.15) is 0 Å². The van der Waals surface area contributed by atoms with Gasteiger partial charge in [0.1, 0.15) is 88.9 Å². The summed E-state index contributed by atoms with van der Waals surface area (Å²) in [7, 11) is 1.49. The molecule has 1 aromatic heterocycles. The van der Waals surface area contributed by atoms with Crippen molar-refractivity contribution in [1.29, 1.82) is 0 Å². The number of aliphatic hydroxyl groups is 8. The fraction of sp³-hybridized carbons (Fsp3) is 0.556. The molecule has 20 heteroatoms. The summed E-state index contributed by atoms with van der Waals surface area (Å²) >= 11 is 0. The van der Waals surface area contributed by atoms with Crippen LogP contribution < -0.4 is 14.9 Å². The molecule has 308 valence electrons. The highest BCUT2D eigenvalue weighted by Crippen LogP contribution is 2.36. The average molecular weight is 797 g/mol. The molecule has 9 N–H and O–H groups in total. The lowest BCUT2D eigenvalue weighted by atomic mass is 9.97. The number of hydrogen-bond acceptors (Lipinski definition) is 20. The molecule has 4 heterocycles. The van der Waals surface area contributed by atoms with Gasteiger partial charge in [-0.25, -0.2) is 0 Å². The van der Waals surface area contributed by atoms with Crippen LogP contribution in [0.1, 0.15) is 13.8 Å². The van der Waals surface area contributed by atoms with E-state index in [4.69, 9.17) is 42.3 Å². The maximum atomic E-state index is 13.1. The second-order valence-corrected chi connectivity index (χ2v) is 13.6. The third-order valence-electron chi connectivity index (χ3n) is 9.71. The Balaban J connectivity index is 1.33. The summed E-state index contributed by atoms with van der Waals surface area (Å²) in [5.41, 5.74) is -0.249. The third kappa shape index (κ3) is 8.48. The molecule has 20 nitrogen and oxygen atoms in total. The molecule has 0 saturated carbocycles. The molecule has 0 radical (unpaired) electrons. The maximum Gasteiger partial charge on any atom is 0.303 e. The number of carbonyl (C=O) groups excluding carboxylic acids is 1. The van der Waals surface area contributed by atoms with Gasteiger partial charge in [0.15, 0.2) is 30.2 Å². The molecule has 0 spiro atoms. The number of phenolic OH excluding ortho intramolecular Hbond substituents is 1. The Labute approximate surface area is 317 Å². The maximum absolute atomic E-state index is 13.1. The zero-order chi connectivity index (χ0) is 40.6. The lowest BCUT2D eigenvalue weighted by molar-refractivity contribution is -0.363. The van der Waals surface area contributed by atoms with Gasteiger partial charge in [-0.05, 0) is 31.2 Å². The van der Waals surface area contributed by atoms with Gasteiger partial charge in [-0.1, -0.05) is 0 Å². The van der Waals surface area contributed by atoms with Gasteiger partial charge in [-0.3, -0.25) is 9.59 Å². The summed E-state index contributed by atoms with van der Waals surface area (Å²) in [6, 6.07) is 10.0. The smallest absolute Gasteiger partial charge is 0.303 e. The quantitative estimate of drug-likeness (QED) is 0.0914. The highest BCUT2D eigenvalue weighted by molar-refractivity contribution is 5.86. The van der Waals surface area contributed by atoms with E-state index in [0.717, 1.165) is 13.0 Å². The van der Waals surface area contributed by atoms with Crippen LogP contribution in [-0.2, 0) is 33.2 Å². The predicted octanol–water partition coefficient (Wildman–Crippen LogP) is -2.40. The largest absolute Gasteiger partial charge is 0.507 e. The molecule has 0 bridgehead atoms. The molecule has 15 unspecified atom stereocenters. The Hall–Kier alpha value is -4.00. The van der Waals surface area contributed by atoms with Crippen molar-refractivity contribution < 1.29 is 93.1 Å². The highest BCUT2D eigenvalue weighted by Gasteiger charge is 2.53. The normalized spacial score (nSPS) is 36.2. The van der Waals surface area contributed by atoms with E-state index in [-0.39, 0.29) is 22.5 Å². The first-order valence-electron chi connectivity index (χ1n) is 17.5. The highest BCUT2D eigenvalue weighted by atomic mass is 16.8. The first-order chi connectivity index (χ1) is 26.6. The molecule has 3 aromatic rings. The number of carbonyl (C=O) groups is 1. The summed E-state index contributed by atoms with van der Waals surface area (Å²) in [5.74, 6) is -1.06. The third-order valence-corrected chi connectivity index (χ3v) is 9.71. The molecule has 15 atom stereocenters. The number of hydrogen-bond donors (Lipinski definition) is 9. The van der Waals surface area contributed by atoms with Crippen LogP contribution >= 0.6 is 0 Å². The number of aliphatic hydroxyl groups excluding tert-OH is 8. The molecular weight excluding hydrogens is 752 g/mol. The monoisotopic (exact) mass is 796 g/mol. The SMILES string of the molecule is COc1ccc(-c2cc(=O)c3c(O)cc(OC4OC(COC5OC(C)C(O)C(O)C5O)C(O)C(O)C4OC4OC(CO)C(O)C(O)C4OC(C)=O)cc3o2)cc1. The molecule has 3 saturated heterocycles. The average Bonchev–Trinajstić information content (AvgIpc) is 3.17. The Morgan fingerprint density at radius 3 is 2.07 bits per heavy atom. The fourth-order valence-electron chi connectivity index (χ4n) is 6.60. The van der Waals surface area contributed by atoms with Crippen LogP contribution in [0.25, 0.3) is 22.3 Å². The van der Waals surface area contributed by atoms with Gasteiger partial charge >= 0.3 is 5.97 Å². The second-order valence-electron chi connectivity index (χ2n) is 13.6. The van der Waals surface area contributed by atoms with Crippen LogP contribution in [0.3, 0.4) is 0 Å². The number of aromatic hydroxyl groups is 1. The number of fused-ring (bicyclic) bond motifs is 1. The van der Waals surface area contributed by atoms with Gasteiger partial charge in [0.05, 0.1) is 26.4 Å². The van der Waals surface area contributed by atoms with Gasteiger partial charge in [0.25, 0.3) is 0 Å². The first-order valence-corrected chi connectivity index (χ1v) is 17.5. The minimum absolute atomic E-state index is 0.122. The molecule has 2 aromatic carbocycles. The van der Waals surface area contributed by atoms with Crippen LogP contribution in [0.2, 0.25) is 0 Å². The van der Waals surface area contributed by atoms with Crippen LogP contribution in [0.5, 0.6) is 17.2 Å². The Kier molecular flexibility index (Phi) is 12.8. The van der Waals surface area contributed by atoms with Crippen molar-refractivity contribution in [3.8, 4) is 28.6 Å². The lowest BCUT2D eigenvalue weighted by Gasteiger charge is -2.47. The van der Waals surface area contributed by atoms with Gasteiger partial charge < -0.3 is 88.3 Å². The van der Waals surface area contributed by atoms with E-state index >= 15 is 0 Å². The van der Waals surface area contributed by atoms with Crippen molar-refractivity contribution >= 4 is 16.9 Å². The summed E-state index contributed by atoms with van der Waals surface area (Å²) in [4.78, 5) is 25.1. The van der Waals surface area contributed by atoms with Gasteiger partial charge in [-0.15, -0.1) is 0 Å². The molecule has 3 aliphatic rings. The summed E-state index contributed by atoms with van der Waals surface area (Å²) in [6.07, 6.45) is -24.9. The molecule has 6 rings (SSSR count). The van der Waals surface area contributed by atoms with Crippen molar-refractivity contribution in [2.75, 3.05) is 20.3 Å². The van der Waals surface area contributed by atoms with Crippen LogP contribution in [-0.4, -0.2) is 164 Å². The molecule has 0 amide bonds. The van der Waals surface area contributed by atoms with Crippen LogP contribution in [0, 0.1) is 0 Å². The molecular formula is C36H44O20. The number of rotatable bonds is 11.